The van der Waals surface area contributed by atoms with Crippen molar-refractivity contribution in [2.45, 2.75) is 6.18 Å². The summed E-state index contributed by atoms with van der Waals surface area (Å²) in [6.07, 6.45) is -0.836. The number of benzene rings is 2. The van der Waals surface area contributed by atoms with Gasteiger partial charge in [0.1, 0.15) is 0 Å². The minimum absolute atomic E-state index is 0.0398. The molecule has 0 radical (unpaired) electrons. The maximum absolute atomic E-state index is 13.4. The predicted molar refractivity (Wildman–Crippen MR) is 102 cm³/mol. The summed E-state index contributed by atoms with van der Waals surface area (Å²) in [5.41, 5.74) is -0.862. The lowest BCUT2D eigenvalue weighted by Gasteiger charge is -2.15. The zero-order valence-electron chi connectivity index (χ0n) is 14.9. The van der Waals surface area contributed by atoms with Gasteiger partial charge in [0.25, 0.3) is 5.91 Å². The number of furan rings is 1. The first kappa shape index (κ1) is 19.9. The second kappa shape index (κ2) is 8.47. The van der Waals surface area contributed by atoms with Crippen LogP contribution in [0.15, 0.2) is 77.4 Å². The zero-order chi connectivity index (χ0) is 20.9. The molecule has 0 bridgehead atoms. The minimum Gasteiger partial charge on any atom is -0.459 e. The van der Waals surface area contributed by atoms with Gasteiger partial charge in [-0.25, -0.2) is 0 Å². The van der Waals surface area contributed by atoms with E-state index in [0.717, 1.165) is 23.8 Å². The smallest absolute Gasteiger partial charge is 0.418 e. The van der Waals surface area contributed by atoms with E-state index < -0.39 is 29.2 Å². The van der Waals surface area contributed by atoms with Crippen molar-refractivity contribution < 1.29 is 27.2 Å². The number of nitrogens with one attached hydrogen (secondary N) is 2. The third-order valence-corrected chi connectivity index (χ3v) is 3.81. The molecule has 2 N–H and O–H groups in total. The van der Waals surface area contributed by atoms with Gasteiger partial charge in [-0.2, -0.15) is 13.2 Å². The van der Waals surface area contributed by atoms with Crippen LogP contribution in [0.2, 0.25) is 0 Å². The second-order valence-corrected chi connectivity index (χ2v) is 5.92. The first-order chi connectivity index (χ1) is 13.8. The summed E-state index contributed by atoms with van der Waals surface area (Å²) < 4.78 is 45.2. The van der Waals surface area contributed by atoms with E-state index >= 15 is 0 Å². The predicted octanol–water partition coefficient (Wildman–Crippen LogP) is 5.20. The van der Waals surface area contributed by atoms with Crippen LogP contribution in [0, 0.1) is 0 Å². The molecule has 1 aromatic heterocycles. The van der Waals surface area contributed by atoms with Crippen LogP contribution < -0.4 is 10.6 Å². The molecular formula is C21H15F3N2O3. The molecule has 148 valence electrons. The molecule has 0 saturated heterocycles. The number of hydrogen-bond acceptors (Lipinski definition) is 3. The quantitative estimate of drug-likeness (QED) is 0.578. The normalized spacial score (nSPS) is 11.4. The molecule has 0 aliphatic heterocycles. The van der Waals surface area contributed by atoms with E-state index in [0.29, 0.717) is 0 Å². The summed E-state index contributed by atoms with van der Waals surface area (Å²) in [5, 5.41) is 4.54. The Morgan fingerprint density at radius 3 is 2.34 bits per heavy atom. The molecular weight excluding hydrogens is 385 g/mol. The molecule has 1 heterocycles. The fraction of sp³-hybridized carbons (Fsp3) is 0.0476. The van der Waals surface area contributed by atoms with Gasteiger partial charge in [0.2, 0.25) is 5.91 Å². The molecule has 2 amide bonds. The molecule has 29 heavy (non-hydrogen) atoms. The Morgan fingerprint density at radius 1 is 0.931 bits per heavy atom. The highest BCUT2D eigenvalue weighted by Crippen LogP contribution is 2.36. The molecule has 8 heteroatoms. The van der Waals surface area contributed by atoms with Crippen LogP contribution in [0.1, 0.15) is 21.7 Å². The summed E-state index contributed by atoms with van der Waals surface area (Å²) in [6, 6.07) is 14.8. The van der Waals surface area contributed by atoms with E-state index in [1.165, 1.54) is 30.5 Å². The molecule has 0 unspecified atom stereocenters. The first-order valence-corrected chi connectivity index (χ1v) is 8.43. The van der Waals surface area contributed by atoms with Gasteiger partial charge in [-0.15, -0.1) is 0 Å². The van der Waals surface area contributed by atoms with Crippen molar-refractivity contribution in [3.8, 4) is 0 Å². The molecule has 2 aromatic carbocycles. The van der Waals surface area contributed by atoms with Crippen molar-refractivity contribution in [2.24, 2.45) is 0 Å². The molecule has 0 saturated carbocycles. The van der Waals surface area contributed by atoms with E-state index in [4.69, 9.17) is 4.42 Å². The summed E-state index contributed by atoms with van der Waals surface area (Å²) in [5.74, 6) is -1.44. The average molecular weight is 400 g/mol. The summed E-state index contributed by atoms with van der Waals surface area (Å²) in [6.45, 7) is 0. The van der Waals surface area contributed by atoms with Crippen LogP contribution in [0.5, 0.6) is 0 Å². The highest BCUT2D eigenvalue weighted by molar-refractivity contribution is 6.04. The average Bonchev–Trinajstić information content (AvgIpc) is 3.22. The first-order valence-electron chi connectivity index (χ1n) is 8.43. The Hall–Kier alpha value is -3.81. The minimum atomic E-state index is -4.74. The topological polar surface area (TPSA) is 71.3 Å². The van der Waals surface area contributed by atoms with Crippen molar-refractivity contribution in [2.75, 3.05) is 10.6 Å². The molecule has 3 rings (SSSR count). The Balaban J connectivity index is 1.78. The van der Waals surface area contributed by atoms with Crippen LogP contribution in [0.4, 0.5) is 24.5 Å². The van der Waals surface area contributed by atoms with E-state index in [2.05, 4.69) is 10.6 Å². The number of carbonyl (C=O) groups excluding carboxylic acids is 2. The third kappa shape index (κ3) is 5.35. The van der Waals surface area contributed by atoms with Gasteiger partial charge in [-0.3, -0.25) is 9.59 Å². The molecule has 0 aliphatic rings. The SMILES string of the molecule is O=C(/C=C/c1ccccc1)Nc1ccc(NC(=O)c2ccco2)cc1C(F)(F)F. The monoisotopic (exact) mass is 400 g/mol. The molecule has 0 fully saturated rings. The molecule has 5 nitrogen and oxygen atoms in total. The Labute approximate surface area is 163 Å². The largest absolute Gasteiger partial charge is 0.459 e. The van der Waals surface area contributed by atoms with Crippen LogP contribution in [-0.4, -0.2) is 11.8 Å². The van der Waals surface area contributed by atoms with Crippen molar-refractivity contribution in [1.29, 1.82) is 0 Å². The van der Waals surface area contributed by atoms with E-state index in [-0.39, 0.29) is 11.4 Å². The van der Waals surface area contributed by atoms with Gasteiger partial charge in [0.15, 0.2) is 5.76 Å². The number of rotatable bonds is 5. The van der Waals surface area contributed by atoms with Crippen molar-refractivity contribution in [3.05, 3.63) is 89.9 Å². The fourth-order valence-electron chi connectivity index (χ4n) is 2.48. The standard InChI is InChI=1S/C21H15F3N2O3/c22-21(23,24)16-13-15(25-20(28)18-7-4-12-29-18)9-10-17(16)26-19(27)11-8-14-5-2-1-3-6-14/h1-13H,(H,25,28)(H,26,27)/b11-8+. The van der Waals surface area contributed by atoms with E-state index in [1.807, 2.05) is 0 Å². The van der Waals surface area contributed by atoms with Crippen molar-refractivity contribution in [3.63, 3.8) is 0 Å². The maximum Gasteiger partial charge on any atom is 0.418 e. The maximum atomic E-state index is 13.4. The van der Waals surface area contributed by atoms with Crippen LogP contribution >= 0.6 is 0 Å². The molecule has 3 aromatic rings. The van der Waals surface area contributed by atoms with Gasteiger partial charge in [-0.05, 0) is 42.0 Å². The highest BCUT2D eigenvalue weighted by Gasteiger charge is 2.34. The lowest BCUT2D eigenvalue weighted by atomic mass is 10.1. The Bertz CT molecular complexity index is 1030. The number of alkyl halides is 3. The summed E-state index contributed by atoms with van der Waals surface area (Å²) in [7, 11) is 0. The van der Waals surface area contributed by atoms with E-state index in [1.54, 1.807) is 30.3 Å². The van der Waals surface area contributed by atoms with E-state index in [9.17, 15) is 22.8 Å². The van der Waals surface area contributed by atoms with Gasteiger partial charge in [-0.1, -0.05) is 30.3 Å². The van der Waals surface area contributed by atoms with Gasteiger partial charge in [0, 0.05) is 11.8 Å². The molecule has 0 spiro atoms. The van der Waals surface area contributed by atoms with Crippen molar-refractivity contribution in [1.82, 2.24) is 0 Å². The Kier molecular flexibility index (Phi) is 5.82. The number of amides is 2. The second-order valence-electron chi connectivity index (χ2n) is 5.92. The number of hydrogen-bond donors (Lipinski definition) is 2. The summed E-state index contributed by atoms with van der Waals surface area (Å²) in [4.78, 5) is 24.0. The zero-order valence-corrected chi connectivity index (χ0v) is 14.9. The lowest BCUT2D eigenvalue weighted by molar-refractivity contribution is -0.136. The van der Waals surface area contributed by atoms with Gasteiger partial charge in [0.05, 0.1) is 17.5 Å². The molecule has 0 atom stereocenters. The van der Waals surface area contributed by atoms with Gasteiger partial charge < -0.3 is 15.1 Å². The van der Waals surface area contributed by atoms with Crippen LogP contribution in [-0.2, 0) is 11.0 Å². The molecule has 0 aliphatic carbocycles. The lowest BCUT2D eigenvalue weighted by Crippen LogP contribution is -2.16. The van der Waals surface area contributed by atoms with Crippen LogP contribution in [0.25, 0.3) is 6.08 Å². The summed E-state index contributed by atoms with van der Waals surface area (Å²) >= 11 is 0. The number of carbonyl (C=O) groups is 2. The number of anilines is 2. The fourth-order valence-corrected chi connectivity index (χ4v) is 2.48. The Morgan fingerprint density at radius 2 is 1.69 bits per heavy atom. The van der Waals surface area contributed by atoms with Crippen LogP contribution in [0.3, 0.4) is 0 Å². The van der Waals surface area contributed by atoms with Gasteiger partial charge >= 0.3 is 6.18 Å². The number of halogens is 3. The van der Waals surface area contributed by atoms with Crippen molar-refractivity contribution >= 4 is 29.3 Å². The highest BCUT2D eigenvalue weighted by atomic mass is 19.4. The third-order valence-electron chi connectivity index (χ3n) is 3.81.